The molecule has 4 heteroatoms. The van der Waals surface area contributed by atoms with Crippen molar-refractivity contribution in [2.45, 2.75) is 6.92 Å². The largest absolute Gasteiger partial charge is 0.457 e. The molecule has 0 saturated heterocycles. The maximum absolute atomic E-state index is 9.62. The SMILES string of the molecule is Cc1cccc(-c2cc(-c3ccc(Oc4ccccc4)cc3)c(C#N)c(Cl)n2)c1. The summed E-state index contributed by atoms with van der Waals surface area (Å²) in [5.74, 6) is 1.49. The summed E-state index contributed by atoms with van der Waals surface area (Å²) in [5.41, 5.74) is 4.81. The predicted octanol–water partition coefficient (Wildman–Crippen LogP) is 7.04. The van der Waals surface area contributed by atoms with Gasteiger partial charge >= 0.3 is 0 Å². The molecule has 0 fully saturated rings. The van der Waals surface area contributed by atoms with Crippen LogP contribution in [-0.4, -0.2) is 4.98 Å². The number of nitriles is 1. The summed E-state index contributed by atoms with van der Waals surface area (Å²) >= 11 is 6.35. The molecule has 0 saturated carbocycles. The van der Waals surface area contributed by atoms with Gasteiger partial charge in [0.1, 0.15) is 22.7 Å². The van der Waals surface area contributed by atoms with E-state index >= 15 is 0 Å². The first kappa shape index (κ1) is 18.7. The first-order chi connectivity index (χ1) is 14.1. The fourth-order valence-electron chi connectivity index (χ4n) is 3.13. The molecule has 0 aliphatic carbocycles. The van der Waals surface area contributed by atoms with Gasteiger partial charge in [-0.2, -0.15) is 5.26 Å². The van der Waals surface area contributed by atoms with Crippen molar-refractivity contribution in [3.63, 3.8) is 0 Å². The second-order valence-corrected chi connectivity index (χ2v) is 7.00. The van der Waals surface area contributed by atoms with Gasteiger partial charge in [0.15, 0.2) is 0 Å². The van der Waals surface area contributed by atoms with E-state index in [0.717, 1.165) is 39.4 Å². The molecular formula is C25H17ClN2O. The Balaban J connectivity index is 1.73. The third-order valence-corrected chi connectivity index (χ3v) is 4.82. The van der Waals surface area contributed by atoms with E-state index in [1.165, 1.54) is 0 Å². The van der Waals surface area contributed by atoms with Gasteiger partial charge in [0.25, 0.3) is 0 Å². The standard InChI is InChI=1S/C25H17ClN2O/c1-17-6-5-7-19(14-17)24-15-22(23(16-27)25(26)28-24)18-10-12-21(13-11-18)29-20-8-3-2-4-9-20/h2-15H,1H3. The molecule has 0 unspecified atom stereocenters. The molecule has 0 aliphatic rings. The van der Waals surface area contributed by atoms with Crippen LogP contribution < -0.4 is 4.74 Å². The van der Waals surface area contributed by atoms with Crippen molar-refractivity contribution in [3.8, 4) is 40.0 Å². The van der Waals surface area contributed by atoms with Crippen molar-refractivity contribution < 1.29 is 4.74 Å². The third kappa shape index (κ3) is 4.13. The highest BCUT2D eigenvalue weighted by Crippen LogP contribution is 2.33. The molecule has 0 N–H and O–H groups in total. The Kier molecular flexibility index (Phi) is 5.29. The zero-order valence-corrected chi connectivity index (χ0v) is 16.5. The van der Waals surface area contributed by atoms with Crippen molar-refractivity contribution in [3.05, 3.63) is 101 Å². The van der Waals surface area contributed by atoms with Gasteiger partial charge in [-0.1, -0.05) is 65.7 Å². The maximum atomic E-state index is 9.62. The first-order valence-corrected chi connectivity index (χ1v) is 9.53. The number of hydrogen-bond donors (Lipinski definition) is 0. The van der Waals surface area contributed by atoms with E-state index in [9.17, 15) is 5.26 Å². The van der Waals surface area contributed by atoms with Crippen molar-refractivity contribution in [2.75, 3.05) is 0 Å². The van der Waals surface area contributed by atoms with Gasteiger partial charge in [0.2, 0.25) is 0 Å². The van der Waals surface area contributed by atoms with Crippen LogP contribution in [0.25, 0.3) is 22.4 Å². The Morgan fingerprint density at radius 1 is 0.828 bits per heavy atom. The smallest absolute Gasteiger partial charge is 0.148 e. The van der Waals surface area contributed by atoms with E-state index in [0.29, 0.717) is 5.56 Å². The molecule has 0 amide bonds. The molecule has 140 valence electrons. The van der Waals surface area contributed by atoms with Crippen molar-refractivity contribution in [2.24, 2.45) is 0 Å². The summed E-state index contributed by atoms with van der Waals surface area (Å²) in [6, 6.07) is 29.3. The number of benzene rings is 3. The zero-order valence-electron chi connectivity index (χ0n) is 15.8. The molecule has 0 atom stereocenters. The Labute approximate surface area is 174 Å². The number of aromatic nitrogens is 1. The van der Waals surface area contributed by atoms with Gasteiger partial charge in [-0.25, -0.2) is 4.98 Å². The minimum absolute atomic E-state index is 0.200. The Morgan fingerprint density at radius 3 is 2.24 bits per heavy atom. The number of pyridine rings is 1. The molecule has 4 aromatic rings. The molecule has 4 rings (SSSR count). The Bertz CT molecular complexity index is 1200. The lowest BCUT2D eigenvalue weighted by atomic mass is 9.98. The van der Waals surface area contributed by atoms with Crippen LogP contribution in [0.1, 0.15) is 11.1 Å². The van der Waals surface area contributed by atoms with E-state index in [1.54, 1.807) is 0 Å². The average Bonchev–Trinajstić information content (AvgIpc) is 2.74. The minimum atomic E-state index is 0.200. The number of nitrogens with zero attached hydrogens (tertiary/aromatic N) is 2. The lowest BCUT2D eigenvalue weighted by Crippen LogP contribution is -1.93. The predicted molar refractivity (Wildman–Crippen MR) is 116 cm³/mol. The molecular weight excluding hydrogens is 380 g/mol. The van der Waals surface area contributed by atoms with E-state index in [4.69, 9.17) is 16.3 Å². The lowest BCUT2D eigenvalue weighted by molar-refractivity contribution is 0.483. The summed E-state index contributed by atoms with van der Waals surface area (Å²) < 4.78 is 5.85. The zero-order chi connectivity index (χ0) is 20.2. The van der Waals surface area contributed by atoms with Gasteiger partial charge in [-0.15, -0.1) is 0 Å². The van der Waals surface area contributed by atoms with Crippen LogP contribution in [0.3, 0.4) is 0 Å². The van der Waals surface area contributed by atoms with E-state index < -0.39 is 0 Å². The highest BCUT2D eigenvalue weighted by Gasteiger charge is 2.14. The van der Waals surface area contributed by atoms with Crippen LogP contribution in [-0.2, 0) is 0 Å². The van der Waals surface area contributed by atoms with Crippen LogP contribution in [0.2, 0.25) is 5.15 Å². The molecule has 0 radical (unpaired) electrons. The molecule has 3 aromatic carbocycles. The summed E-state index contributed by atoms with van der Waals surface area (Å²) in [6.07, 6.45) is 0. The molecule has 0 spiro atoms. The number of ether oxygens (including phenoxy) is 1. The van der Waals surface area contributed by atoms with Gasteiger partial charge in [-0.3, -0.25) is 0 Å². The van der Waals surface area contributed by atoms with Crippen molar-refractivity contribution in [1.82, 2.24) is 4.98 Å². The second kappa shape index (κ2) is 8.18. The highest BCUT2D eigenvalue weighted by molar-refractivity contribution is 6.31. The Hall–Kier alpha value is -3.61. The van der Waals surface area contributed by atoms with Crippen LogP contribution >= 0.6 is 11.6 Å². The molecule has 0 aliphatic heterocycles. The number of rotatable bonds is 4. The molecule has 3 nitrogen and oxygen atoms in total. The molecule has 29 heavy (non-hydrogen) atoms. The van der Waals surface area contributed by atoms with Crippen LogP contribution in [0.4, 0.5) is 0 Å². The Morgan fingerprint density at radius 2 is 1.55 bits per heavy atom. The number of hydrogen-bond acceptors (Lipinski definition) is 3. The van der Waals surface area contributed by atoms with Gasteiger partial charge in [0.05, 0.1) is 11.3 Å². The number of halogens is 1. The van der Waals surface area contributed by atoms with E-state index in [1.807, 2.05) is 91.9 Å². The van der Waals surface area contributed by atoms with Crippen LogP contribution in [0.15, 0.2) is 84.9 Å². The lowest BCUT2D eigenvalue weighted by Gasteiger charge is -2.11. The number of aryl methyl sites for hydroxylation is 1. The van der Waals surface area contributed by atoms with Gasteiger partial charge in [0, 0.05) is 11.1 Å². The topological polar surface area (TPSA) is 45.9 Å². The maximum Gasteiger partial charge on any atom is 0.148 e. The monoisotopic (exact) mass is 396 g/mol. The summed E-state index contributed by atoms with van der Waals surface area (Å²) in [7, 11) is 0. The van der Waals surface area contributed by atoms with Crippen LogP contribution in [0.5, 0.6) is 11.5 Å². The van der Waals surface area contributed by atoms with E-state index in [-0.39, 0.29) is 5.15 Å². The molecule has 1 heterocycles. The second-order valence-electron chi connectivity index (χ2n) is 6.64. The van der Waals surface area contributed by atoms with Gasteiger partial charge < -0.3 is 4.74 Å². The first-order valence-electron chi connectivity index (χ1n) is 9.15. The summed E-state index contributed by atoms with van der Waals surface area (Å²) in [6.45, 7) is 2.03. The summed E-state index contributed by atoms with van der Waals surface area (Å²) in [4.78, 5) is 4.43. The fourth-order valence-corrected chi connectivity index (χ4v) is 3.36. The number of para-hydroxylation sites is 1. The fraction of sp³-hybridized carbons (Fsp3) is 0.0400. The third-order valence-electron chi connectivity index (χ3n) is 4.55. The van der Waals surface area contributed by atoms with Crippen LogP contribution in [0, 0.1) is 18.3 Å². The van der Waals surface area contributed by atoms with Crippen molar-refractivity contribution >= 4 is 11.6 Å². The van der Waals surface area contributed by atoms with E-state index in [2.05, 4.69) is 11.1 Å². The minimum Gasteiger partial charge on any atom is -0.457 e. The quantitative estimate of drug-likeness (QED) is 0.347. The molecule has 0 bridgehead atoms. The average molecular weight is 397 g/mol. The van der Waals surface area contributed by atoms with Crippen molar-refractivity contribution in [1.29, 1.82) is 5.26 Å². The molecule has 1 aromatic heterocycles. The highest BCUT2D eigenvalue weighted by atomic mass is 35.5. The van der Waals surface area contributed by atoms with Gasteiger partial charge in [-0.05, 0) is 48.9 Å². The normalized spacial score (nSPS) is 10.4. The summed E-state index contributed by atoms with van der Waals surface area (Å²) in [5, 5.41) is 9.82.